The lowest BCUT2D eigenvalue weighted by Crippen LogP contribution is -2.07. The molecule has 0 fully saturated rings. The van der Waals surface area contributed by atoms with Crippen LogP contribution in [0.15, 0.2) is 35.2 Å². The van der Waals surface area contributed by atoms with E-state index in [0.29, 0.717) is 6.61 Å². The fraction of sp³-hybridized carbons (Fsp3) is 0.727. The number of hydrogen-bond acceptors (Lipinski definition) is 4. The lowest BCUT2D eigenvalue weighted by molar-refractivity contribution is 0.287. The summed E-state index contributed by atoms with van der Waals surface area (Å²) >= 11 is 0. The van der Waals surface area contributed by atoms with E-state index in [9.17, 15) is 8.42 Å². The van der Waals surface area contributed by atoms with E-state index in [1.165, 1.54) is 51.4 Å². The predicted octanol–water partition coefficient (Wildman–Crippen LogP) is 6.09. The molecule has 0 unspecified atom stereocenters. The van der Waals surface area contributed by atoms with Crippen LogP contribution in [0.1, 0.15) is 90.9 Å². The van der Waals surface area contributed by atoms with Crippen molar-refractivity contribution >= 4 is 10.1 Å². The number of rotatable bonds is 15. The van der Waals surface area contributed by atoms with E-state index in [-0.39, 0.29) is 11.5 Å². The molecule has 0 radical (unpaired) electrons. The van der Waals surface area contributed by atoms with Gasteiger partial charge in [-0.1, -0.05) is 96.3 Å². The van der Waals surface area contributed by atoms with Crippen LogP contribution in [0.25, 0.3) is 0 Å². The van der Waals surface area contributed by atoms with Gasteiger partial charge >= 0.3 is 0 Å². The Morgan fingerprint density at radius 3 is 1.67 bits per heavy atom. The van der Waals surface area contributed by atoms with Crippen molar-refractivity contribution in [2.24, 2.45) is 0 Å². The van der Waals surface area contributed by atoms with Crippen LogP contribution < -0.4 is 0 Å². The summed E-state index contributed by atoms with van der Waals surface area (Å²) in [5, 5.41) is 8.07. The Bertz CT molecular complexity index is 512. The zero-order chi connectivity index (χ0) is 20.2. The molecular formula is C22H40O4S. The van der Waals surface area contributed by atoms with Gasteiger partial charge in [0.2, 0.25) is 0 Å². The molecule has 4 nitrogen and oxygen atoms in total. The highest BCUT2D eigenvalue weighted by molar-refractivity contribution is 7.86. The summed E-state index contributed by atoms with van der Waals surface area (Å²) in [6.07, 6.45) is 14.3. The van der Waals surface area contributed by atoms with Gasteiger partial charge in [0, 0.05) is 6.61 Å². The Balaban J connectivity index is 0.00000119. The van der Waals surface area contributed by atoms with E-state index in [0.717, 1.165) is 25.7 Å². The van der Waals surface area contributed by atoms with E-state index >= 15 is 0 Å². The number of unbranched alkanes of at least 4 members (excludes halogenated alkanes) is 10. The van der Waals surface area contributed by atoms with Crippen molar-refractivity contribution in [1.29, 1.82) is 0 Å². The van der Waals surface area contributed by atoms with Crippen molar-refractivity contribution in [3.8, 4) is 0 Å². The molecule has 0 amide bonds. The van der Waals surface area contributed by atoms with Crippen molar-refractivity contribution in [2.75, 3.05) is 13.2 Å². The second-order valence-corrected chi connectivity index (χ2v) is 8.46. The highest BCUT2D eigenvalue weighted by Crippen LogP contribution is 2.13. The van der Waals surface area contributed by atoms with Gasteiger partial charge in [-0.05, 0) is 25.0 Å². The van der Waals surface area contributed by atoms with Gasteiger partial charge < -0.3 is 5.11 Å². The first kappa shape index (κ1) is 26.1. The van der Waals surface area contributed by atoms with E-state index in [4.69, 9.17) is 9.29 Å². The lowest BCUT2D eigenvalue weighted by Gasteiger charge is -2.05. The number of benzene rings is 1. The van der Waals surface area contributed by atoms with Gasteiger partial charge in [0.25, 0.3) is 10.1 Å². The molecule has 27 heavy (non-hydrogen) atoms. The van der Waals surface area contributed by atoms with Gasteiger partial charge in [0.1, 0.15) is 0 Å². The largest absolute Gasteiger partial charge is 0.396 e. The molecule has 0 spiro atoms. The highest BCUT2D eigenvalue weighted by atomic mass is 32.2. The maximum absolute atomic E-state index is 11.9. The molecule has 0 aromatic heterocycles. The summed E-state index contributed by atoms with van der Waals surface area (Å²) in [6, 6.07) is 8.33. The third kappa shape index (κ3) is 15.8. The zero-order valence-electron chi connectivity index (χ0n) is 17.4. The van der Waals surface area contributed by atoms with Crippen molar-refractivity contribution in [2.45, 2.75) is 95.8 Å². The van der Waals surface area contributed by atoms with Crippen LogP contribution in [0.3, 0.4) is 0 Å². The Hall–Kier alpha value is -0.910. The minimum absolute atomic E-state index is 0.238. The highest BCUT2D eigenvalue weighted by Gasteiger charge is 2.13. The Labute approximate surface area is 167 Å². The minimum Gasteiger partial charge on any atom is -0.396 e. The second kappa shape index (κ2) is 18.5. The third-order valence-electron chi connectivity index (χ3n) is 4.28. The monoisotopic (exact) mass is 400 g/mol. The first-order chi connectivity index (χ1) is 13.1. The number of aliphatic hydroxyl groups is 1. The number of aliphatic hydroxyl groups excluding tert-OH is 1. The molecule has 0 aliphatic rings. The van der Waals surface area contributed by atoms with E-state index in [2.05, 4.69) is 13.8 Å². The van der Waals surface area contributed by atoms with Crippen LogP contribution in [-0.2, 0) is 14.3 Å². The molecular weight excluding hydrogens is 360 g/mol. The quantitative estimate of drug-likeness (QED) is 0.286. The molecule has 0 heterocycles. The molecule has 158 valence electrons. The Morgan fingerprint density at radius 2 is 1.22 bits per heavy atom. The third-order valence-corrected chi connectivity index (χ3v) is 5.61. The Morgan fingerprint density at radius 1 is 0.741 bits per heavy atom. The maximum atomic E-state index is 11.9. The van der Waals surface area contributed by atoms with Gasteiger partial charge in [-0.25, -0.2) is 0 Å². The fourth-order valence-corrected chi connectivity index (χ4v) is 3.54. The van der Waals surface area contributed by atoms with Crippen molar-refractivity contribution in [3.63, 3.8) is 0 Å². The molecule has 0 aliphatic carbocycles. The summed E-state index contributed by atoms with van der Waals surface area (Å²) in [5.74, 6) is 0. The van der Waals surface area contributed by atoms with Crippen LogP contribution >= 0.6 is 0 Å². The molecule has 1 rings (SSSR count). The summed E-state index contributed by atoms with van der Waals surface area (Å²) < 4.78 is 28.8. The van der Waals surface area contributed by atoms with Gasteiger partial charge in [0.15, 0.2) is 0 Å². The summed E-state index contributed by atoms with van der Waals surface area (Å²) in [6.45, 7) is 4.92. The van der Waals surface area contributed by atoms with E-state index < -0.39 is 10.1 Å². The minimum atomic E-state index is -3.57. The molecule has 1 aromatic carbocycles. The SMILES string of the molecule is CCCCCCCCCCCCOS(=O)(=O)c1ccccc1.CCCCO. The van der Waals surface area contributed by atoms with Crippen LogP contribution in [0.4, 0.5) is 0 Å². The van der Waals surface area contributed by atoms with Crippen LogP contribution in [0.2, 0.25) is 0 Å². The van der Waals surface area contributed by atoms with E-state index in [1.807, 2.05) is 0 Å². The molecule has 0 aliphatic heterocycles. The first-order valence-corrected chi connectivity index (χ1v) is 12.0. The summed E-state index contributed by atoms with van der Waals surface area (Å²) in [5.41, 5.74) is 0. The lowest BCUT2D eigenvalue weighted by atomic mass is 10.1. The van der Waals surface area contributed by atoms with Crippen molar-refractivity contribution < 1.29 is 17.7 Å². The first-order valence-electron chi connectivity index (χ1n) is 10.6. The van der Waals surface area contributed by atoms with Gasteiger partial charge in [0.05, 0.1) is 11.5 Å². The molecule has 1 N–H and O–H groups in total. The molecule has 0 atom stereocenters. The molecule has 0 saturated carbocycles. The van der Waals surface area contributed by atoms with Crippen LogP contribution in [-0.4, -0.2) is 26.7 Å². The average molecular weight is 401 g/mol. The van der Waals surface area contributed by atoms with Crippen molar-refractivity contribution in [1.82, 2.24) is 0 Å². The van der Waals surface area contributed by atoms with Crippen LogP contribution in [0.5, 0.6) is 0 Å². The standard InChI is InChI=1S/C18H30O3S.C4H10O/c1-2-3-4-5-6-7-8-9-10-14-17-21-22(19,20)18-15-12-11-13-16-18;1-2-3-4-5/h11-13,15-16H,2-10,14,17H2,1H3;5H,2-4H2,1H3. The molecule has 5 heteroatoms. The van der Waals surface area contributed by atoms with Crippen LogP contribution in [0, 0.1) is 0 Å². The average Bonchev–Trinajstić information content (AvgIpc) is 2.68. The fourth-order valence-electron chi connectivity index (χ4n) is 2.57. The normalized spacial score (nSPS) is 11.1. The van der Waals surface area contributed by atoms with E-state index in [1.54, 1.807) is 30.3 Å². The molecule has 0 bridgehead atoms. The topological polar surface area (TPSA) is 63.6 Å². The predicted molar refractivity (Wildman–Crippen MR) is 113 cm³/mol. The smallest absolute Gasteiger partial charge is 0.296 e. The zero-order valence-corrected chi connectivity index (χ0v) is 18.2. The van der Waals surface area contributed by atoms with Gasteiger partial charge in [-0.2, -0.15) is 8.42 Å². The van der Waals surface area contributed by atoms with Crippen molar-refractivity contribution in [3.05, 3.63) is 30.3 Å². The molecule has 1 aromatic rings. The summed E-state index contributed by atoms with van der Waals surface area (Å²) in [7, 11) is -3.57. The van der Waals surface area contributed by atoms with Gasteiger partial charge in [-0.15, -0.1) is 0 Å². The second-order valence-electron chi connectivity index (χ2n) is 6.85. The van der Waals surface area contributed by atoms with Gasteiger partial charge in [-0.3, -0.25) is 4.18 Å². The Kier molecular flexibility index (Phi) is 17.8. The molecule has 0 saturated heterocycles. The number of hydrogen-bond donors (Lipinski definition) is 1. The summed E-state index contributed by atoms with van der Waals surface area (Å²) in [4.78, 5) is 0.238. The maximum Gasteiger partial charge on any atom is 0.296 e.